The Morgan fingerprint density at radius 3 is 2.84 bits per heavy atom. The van der Waals surface area contributed by atoms with Crippen LogP contribution in [-0.2, 0) is 27.2 Å². The molecule has 1 amide bonds. The number of esters is 1. The Bertz CT molecular complexity index is 1300. The molecule has 1 N–H and O–H groups in total. The smallest absolute Gasteiger partial charge is 0.310 e. The maximum Gasteiger partial charge on any atom is 0.310 e. The molecule has 1 atom stereocenters. The van der Waals surface area contributed by atoms with E-state index in [0.29, 0.717) is 35.0 Å². The van der Waals surface area contributed by atoms with Crippen molar-refractivity contribution in [2.24, 2.45) is 5.92 Å². The first-order valence-corrected chi connectivity index (χ1v) is 14.2. The van der Waals surface area contributed by atoms with Gasteiger partial charge in [-0.25, -0.2) is 0 Å². The largest absolute Gasteiger partial charge is 0.415 e. The number of quaternary nitrogens is 1. The van der Waals surface area contributed by atoms with Crippen LogP contribution in [0, 0.1) is 5.92 Å². The number of benzene rings is 2. The fourth-order valence-corrected chi connectivity index (χ4v) is 6.22. The summed E-state index contributed by atoms with van der Waals surface area (Å²) in [7, 11) is 0. The standard InChI is InChI=1S/C28H33ClN4O3S/c1-3-19(2)14-27(35)36-18-33(11-8-20-15-21-16-26(34)30-24(21)17-23(20)29)12-9-32(10-13-33)28-22-6-4-5-7-25(22)37-31-28/h4-7,15,17,19H,3,8-14,16,18H2,1-2H3/p+1. The molecule has 0 spiro atoms. The zero-order valence-corrected chi connectivity index (χ0v) is 23.0. The number of hydrogen-bond acceptors (Lipinski definition) is 6. The summed E-state index contributed by atoms with van der Waals surface area (Å²) in [6, 6.07) is 12.3. The van der Waals surface area contributed by atoms with Crippen LogP contribution in [0.5, 0.6) is 0 Å². The molecule has 2 aliphatic rings. The van der Waals surface area contributed by atoms with Gasteiger partial charge in [0.25, 0.3) is 0 Å². The molecule has 0 radical (unpaired) electrons. The molecule has 7 nitrogen and oxygen atoms in total. The summed E-state index contributed by atoms with van der Waals surface area (Å²) >= 11 is 8.15. The normalized spacial score (nSPS) is 17.5. The lowest BCUT2D eigenvalue weighted by molar-refractivity contribution is -0.943. The van der Waals surface area contributed by atoms with Crippen molar-refractivity contribution < 1.29 is 18.8 Å². The number of halogens is 1. The topological polar surface area (TPSA) is 71.5 Å². The third kappa shape index (κ3) is 5.76. The van der Waals surface area contributed by atoms with Gasteiger partial charge in [0.1, 0.15) is 0 Å². The minimum absolute atomic E-state index is 0.00521. The van der Waals surface area contributed by atoms with E-state index >= 15 is 0 Å². The first-order chi connectivity index (χ1) is 17.9. The van der Waals surface area contributed by atoms with Crippen molar-refractivity contribution in [1.82, 2.24) is 4.37 Å². The number of rotatable bonds is 9. The third-order valence-electron chi connectivity index (χ3n) is 7.81. The van der Waals surface area contributed by atoms with Crippen LogP contribution in [-0.4, -0.2) is 60.2 Å². The molecule has 3 heterocycles. The Morgan fingerprint density at radius 1 is 1.27 bits per heavy atom. The number of carbonyl (C=O) groups excluding carboxylic acids is 2. The molecule has 5 rings (SSSR count). The van der Waals surface area contributed by atoms with Gasteiger partial charge in [-0.2, -0.15) is 4.37 Å². The third-order valence-corrected chi connectivity index (χ3v) is 8.98. The van der Waals surface area contributed by atoms with Crippen molar-refractivity contribution in [3.63, 3.8) is 0 Å². The predicted octanol–water partition coefficient (Wildman–Crippen LogP) is 5.26. The number of anilines is 2. The van der Waals surface area contributed by atoms with Crippen molar-refractivity contribution in [3.05, 3.63) is 52.5 Å². The number of amides is 1. The Balaban J connectivity index is 1.31. The second kappa shape index (κ2) is 11.0. The summed E-state index contributed by atoms with van der Waals surface area (Å²) in [5.74, 6) is 1.24. The first kappa shape index (κ1) is 25.9. The SMILES string of the molecule is CCC(C)CC(=O)OC[N+]1(CCc2cc3c(cc2Cl)NC(=O)C3)CCN(c2nsc3ccccc23)CC1. The number of hydrogen-bond donors (Lipinski definition) is 1. The molecule has 1 unspecified atom stereocenters. The Hall–Kier alpha value is -2.68. The quantitative estimate of drug-likeness (QED) is 0.295. The van der Waals surface area contributed by atoms with E-state index in [1.807, 2.05) is 12.1 Å². The van der Waals surface area contributed by atoms with Crippen LogP contribution in [0.25, 0.3) is 10.1 Å². The monoisotopic (exact) mass is 541 g/mol. The van der Waals surface area contributed by atoms with Crippen LogP contribution in [0.15, 0.2) is 36.4 Å². The van der Waals surface area contributed by atoms with Crippen molar-refractivity contribution in [3.8, 4) is 0 Å². The van der Waals surface area contributed by atoms with E-state index in [1.165, 1.54) is 21.6 Å². The molecular formula is C28H34ClN4O3S+. The molecule has 1 saturated heterocycles. The molecule has 0 bridgehead atoms. The van der Waals surface area contributed by atoms with Crippen molar-refractivity contribution in [2.45, 2.75) is 39.5 Å². The second-order valence-electron chi connectivity index (χ2n) is 10.4. The summed E-state index contributed by atoms with van der Waals surface area (Å²) in [6.45, 7) is 8.73. The summed E-state index contributed by atoms with van der Waals surface area (Å²) in [6.07, 6.45) is 2.55. The molecule has 196 valence electrons. The van der Waals surface area contributed by atoms with Crippen LogP contribution < -0.4 is 10.2 Å². The Morgan fingerprint density at radius 2 is 2.05 bits per heavy atom. The number of piperazine rings is 1. The molecule has 2 aliphatic heterocycles. The van der Waals surface area contributed by atoms with Gasteiger partial charge in [-0.05, 0) is 46.8 Å². The van der Waals surface area contributed by atoms with Gasteiger partial charge in [-0.1, -0.05) is 50.1 Å². The second-order valence-corrected chi connectivity index (χ2v) is 11.7. The van der Waals surface area contributed by atoms with Crippen LogP contribution >= 0.6 is 23.1 Å². The number of aromatic nitrogens is 1. The number of nitrogens with zero attached hydrogens (tertiary/aromatic N) is 3. The minimum atomic E-state index is -0.125. The molecule has 37 heavy (non-hydrogen) atoms. The van der Waals surface area contributed by atoms with E-state index < -0.39 is 0 Å². The summed E-state index contributed by atoms with van der Waals surface area (Å²) in [5, 5.41) is 4.73. The highest BCUT2D eigenvalue weighted by Gasteiger charge is 2.35. The maximum absolute atomic E-state index is 12.6. The summed E-state index contributed by atoms with van der Waals surface area (Å²) in [5.41, 5.74) is 2.84. The first-order valence-electron chi connectivity index (χ1n) is 13.1. The van der Waals surface area contributed by atoms with Gasteiger partial charge < -0.3 is 15.0 Å². The highest BCUT2D eigenvalue weighted by Crippen LogP contribution is 2.33. The molecule has 0 aliphatic carbocycles. The molecule has 3 aromatic rings. The molecule has 2 aromatic carbocycles. The van der Waals surface area contributed by atoms with E-state index in [9.17, 15) is 9.59 Å². The van der Waals surface area contributed by atoms with Crippen LogP contribution in [0.2, 0.25) is 5.02 Å². The summed E-state index contributed by atoms with van der Waals surface area (Å²) < 4.78 is 12.5. The van der Waals surface area contributed by atoms with Gasteiger partial charge in [-0.3, -0.25) is 14.1 Å². The Kier molecular flexibility index (Phi) is 7.70. The van der Waals surface area contributed by atoms with Crippen LogP contribution in [0.1, 0.15) is 37.8 Å². The fraction of sp³-hybridized carbons (Fsp3) is 0.464. The van der Waals surface area contributed by atoms with E-state index in [0.717, 1.165) is 68.2 Å². The molecule has 9 heteroatoms. The van der Waals surface area contributed by atoms with Crippen molar-refractivity contribution >= 4 is 56.6 Å². The van der Waals surface area contributed by atoms with Crippen LogP contribution in [0.3, 0.4) is 0 Å². The van der Waals surface area contributed by atoms with E-state index in [4.69, 9.17) is 20.7 Å². The van der Waals surface area contributed by atoms with Crippen molar-refractivity contribution in [1.29, 1.82) is 0 Å². The van der Waals surface area contributed by atoms with E-state index in [2.05, 4.69) is 48.3 Å². The van der Waals surface area contributed by atoms with Gasteiger partial charge in [0.05, 0.1) is 43.8 Å². The number of ether oxygens (including phenoxy) is 1. The van der Waals surface area contributed by atoms with Crippen molar-refractivity contribution in [2.75, 3.05) is 49.7 Å². The lowest BCUT2D eigenvalue weighted by Gasteiger charge is -2.44. The van der Waals surface area contributed by atoms with Gasteiger partial charge >= 0.3 is 5.97 Å². The van der Waals surface area contributed by atoms with Gasteiger partial charge in [0.15, 0.2) is 5.82 Å². The van der Waals surface area contributed by atoms with E-state index in [1.54, 1.807) is 0 Å². The van der Waals surface area contributed by atoms with Crippen LogP contribution in [0.4, 0.5) is 11.5 Å². The van der Waals surface area contributed by atoms with E-state index in [-0.39, 0.29) is 11.9 Å². The average Bonchev–Trinajstić information content (AvgIpc) is 3.49. The number of carbonyl (C=O) groups is 2. The maximum atomic E-state index is 12.6. The van der Waals surface area contributed by atoms with Gasteiger partial charge in [0, 0.05) is 28.9 Å². The lowest BCUT2D eigenvalue weighted by atomic mass is 10.0. The molecular weight excluding hydrogens is 508 g/mol. The minimum Gasteiger partial charge on any atom is -0.415 e. The summed E-state index contributed by atoms with van der Waals surface area (Å²) in [4.78, 5) is 26.7. The molecule has 1 aromatic heterocycles. The average molecular weight is 542 g/mol. The predicted molar refractivity (Wildman–Crippen MR) is 149 cm³/mol. The molecule has 1 fully saturated rings. The zero-order chi connectivity index (χ0) is 26.0. The number of fused-ring (bicyclic) bond motifs is 2. The highest BCUT2D eigenvalue weighted by molar-refractivity contribution is 7.13. The van der Waals surface area contributed by atoms with Gasteiger partial charge in [-0.15, -0.1) is 0 Å². The zero-order valence-electron chi connectivity index (χ0n) is 21.5. The van der Waals surface area contributed by atoms with Gasteiger partial charge in [0.2, 0.25) is 12.6 Å². The Labute approximate surface area is 227 Å². The molecule has 0 saturated carbocycles. The number of nitrogens with one attached hydrogen (secondary N) is 1. The lowest BCUT2D eigenvalue weighted by Crippen LogP contribution is -2.61. The fourth-order valence-electron chi connectivity index (χ4n) is 5.16. The highest BCUT2D eigenvalue weighted by atomic mass is 35.5.